The van der Waals surface area contributed by atoms with Crippen LogP contribution in [-0.4, -0.2) is 54.0 Å². The zero-order valence-corrected chi connectivity index (χ0v) is 15.1. The number of aromatic nitrogens is 2. The summed E-state index contributed by atoms with van der Waals surface area (Å²) in [6, 6.07) is 7.08. The fourth-order valence-corrected chi connectivity index (χ4v) is 4.19. The third-order valence-corrected chi connectivity index (χ3v) is 5.64. The van der Waals surface area contributed by atoms with Crippen molar-refractivity contribution in [3.63, 3.8) is 0 Å². The predicted molar refractivity (Wildman–Crippen MR) is 99.2 cm³/mol. The molecular formula is C20H27FN4O. The molecule has 1 aromatic carbocycles. The van der Waals surface area contributed by atoms with Crippen molar-refractivity contribution in [2.24, 2.45) is 5.92 Å². The van der Waals surface area contributed by atoms with E-state index in [-0.39, 0.29) is 5.82 Å². The monoisotopic (exact) mass is 358 g/mol. The van der Waals surface area contributed by atoms with Gasteiger partial charge in [-0.05, 0) is 56.6 Å². The van der Waals surface area contributed by atoms with Crippen molar-refractivity contribution in [2.75, 3.05) is 32.8 Å². The first-order valence-electron chi connectivity index (χ1n) is 9.62. The molecule has 4 rings (SSSR count). The molecule has 2 fully saturated rings. The summed E-state index contributed by atoms with van der Waals surface area (Å²) < 4.78 is 18.8. The lowest BCUT2D eigenvalue weighted by atomic mass is 9.97. The van der Waals surface area contributed by atoms with E-state index in [0.29, 0.717) is 12.0 Å². The van der Waals surface area contributed by atoms with Gasteiger partial charge in [-0.2, -0.15) is 5.10 Å². The molecule has 6 heteroatoms. The van der Waals surface area contributed by atoms with Crippen LogP contribution in [0.4, 0.5) is 4.39 Å². The Labute approximate surface area is 153 Å². The van der Waals surface area contributed by atoms with E-state index in [1.165, 1.54) is 38.1 Å². The second kappa shape index (κ2) is 8.29. The number of ether oxygens (including phenoxy) is 1. The number of likely N-dealkylation sites (tertiary alicyclic amines) is 1. The van der Waals surface area contributed by atoms with Gasteiger partial charge < -0.3 is 10.1 Å². The molecule has 3 heterocycles. The average molecular weight is 358 g/mol. The number of nitrogens with zero attached hydrogens (tertiary/aromatic N) is 2. The van der Waals surface area contributed by atoms with E-state index in [0.717, 1.165) is 49.5 Å². The molecule has 0 radical (unpaired) electrons. The van der Waals surface area contributed by atoms with Crippen LogP contribution in [0.25, 0.3) is 11.3 Å². The molecule has 2 atom stereocenters. The Kier molecular flexibility index (Phi) is 5.62. The predicted octanol–water partition coefficient (Wildman–Crippen LogP) is 2.81. The summed E-state index contributed by atoms with van der Waals surface area (Å²) >= 11 is 0. The lowest BCUT2D eigenvalue weighted by Crippen LogP contribution is -2.45. The third kappa shape index (κ3) is 3.98. The molecule has 26 heavy (non-hydrogen) atoms. The maximum Gasteiger partial charge on any atom is 0.123 e. The van der Waals surface area contributed by atoms with Crippen LogP contribution >= 0.6 is 0 Å². The molecule has 2 N–H and O–H groups in total. The lowest BCUT2D eigenvalue weighted by molar-refractivity contribution is 0.134. The van der Waals surface area contributed by atoms with Gasteiger partial charge in [-0.1, -0.05) is 0 Å². The van der Waals surface area contributed by atoms with Gasteiger partial charge >= 0.3 is 0 Å². The Bertz CT molecular complexity index is 674. The molecule has 0 aliphatic carbocycles. The molecule has 2 aliphatic rings. The van der Waals surface area contributed by atoms with Gasteiger partial charge in [0.15, 0.2) is 0 Å². The molecule has 140 valence electrons. The maximum absolute atomic E-state index is 13.2. The Morgan fingerprint density at radius 1 is 1.27 bits per heavy atom. The van der Waals surface area contributed by atoms with Crippen molar-refractivity contribution in [2.45, 2.75) is 31.8 Å². The van der Waals surface area contributed by atoms with E-state index in [1.54, 1.807) is 12.1 Å². The van der Waals surface area contributed by atoms with Crippen LogP contribution in [0.2, 0.25) is 0 Å². The van der Waals surface area contributed by atoms with Crippen LogP contribution in [-0.2, 0) is 11.3 Å². The Balaban J connectivity index is 1.39. The lowest BCUT2D eigenvalue weighted by Gasteiger charge is -2.32. The number of benzene rings is 1. The first-order valence-corrected chi connectivity index (χ1v) is 9.62. The van der Waals surface area contributed by atoms with Crippen molar-refractivity contribution in [1.82, 2.24) is 20.4 Å². The molecule has 1 aromatic heterocycles. The van der Waals surface area contributed by atoms with Crippen LogP contribution in [0.1, 0.15) is 24.8 Å². The van der Waals surface area contributed by atoms with E-state index in [2.05, 4.69) is 20.4 Å². The van der Waals surface area contributed by atoms with E-state index in [1.807, 2.05) is 6.20 Å². The first-order chi connectivity index (χ1) is 12.8. The van der Waals surface area contributed by atoms with Crippen LogP contribution in [0.3, 0.4) is 0 Å². The van der Waals surface area contributed by atoms with E-state index >= 15 is 0 Å². The van der Waals surface area contributed by atoms with Crippen molar-refractivity contribution < 1.29 is 9.13 Å². The summed E-state index contributed by atoms with van der Waals surface area (Å²) in [5.74, 6) is 0.404. The standard InChI is InChI=1S/C20H27FN4O/c21-18-5-3-15(4-6-18)20-17(12-23-24-20)11-22-13-19(16-7-10-26-14-16)25-8-1-2-9-25/h3-6,12,16,19,22H,1-2,7-11,13-14H2,(H,23,24). The molecule has 0 spiro atoms. The Morgan fingerprint density at radius 2 is 2.08 bits per heavy atom. The Hall–Kier alpha value is -1.76. The van der Waals surface area contributed by atoms with E-state index < -0.39 is 0 Å². The number of halogens is 1. The van der Waals surface area contributed by atoms with Gasteiger partial charge in [-0.3, -0.25) is 10.00 Å². The number of H-pyrrole nitrogens is 1. The van der Waals surface area contributed by atoms with Gasteiger partial charge in [-0.15, -0.1) is 0 Å². The smallest absolute Gasteiger partial charge is 0.123 e. The molecule has 0 bridgehead atoms. The van der Waals surface area contributed by atoms with E-state index in [4.69, 9.17) is 4.74 Å². The normalized spacial score (nSPS) is 22.1. The van der Waals surface area contributed by atoms with Gasteiger partial charge in [0, 0.05) is 42.8 Å². The molecule has 0 saturated carbocycles. The number of nitrogens with one attached hydrogen (secondary N) is 2. The number of aromatic amines is 1. The molecule has 2 saturated heterocycles. The van der Waals surface area contributed by atoms with Gasteiger partial charge in [0.1, 0.15) is 5.82 Å². The average Bonchev–Trinajstić information content (AvgIpc) is 3.41. The van der Waals surface area contributed by atoms with Crippen molar-refractivity contribution in [3.8, 4) is 11.3 Å². The third-order valence-electron chi connectivity index (χ3n) is 5.64. The topological polar surface area (TPSA) is 53.2 Å². The van der Waals surface area contributed by atoms with Crippen LogP contribution in [0.15, 0.2) is 30.5 Å². The number of rotatable bonds is 7. The largest absolute Gasteiger partial charge is 0.381 e. The highest BCUT2D eigenvalue weighted by Crippen LogP contribution is 2.25. The summed E-state index contributed by atoms with van der Waals surface area (Å²) in [6.07, 6.45) is 5.63. The maximum atomic E-state index is 13.2. The summed E-state index contributed by atoms with van der Waals surface area (Å²) in [4.78, 5) is 2.63. The quantitative estimate of drug-likeness (QED) is 0.799. The second-order valence-corrected chi connectivity index (χ2v) is 7.34. The number of hydrogen-bond acceptors (Lipinski definition) is 4. The van der Waals surface area contributed by atoms with E-state index in [9.17, 15) is 4.39 Å². The van der Waals surface area contributed by atoms with Crippen molar-refractivity contribution in [3.05, 3.63) is 41.8 Å². The molecule has 5 nitrogen and oxygen atoms in total. The fourth-order valence-electron chi connectivity index (χ4n) is 4.19. The van der Waals surface area contributed by atoms with Crippen LogP contribution in [0.5, 0.6) is 0 Å². The SMILES string of the molecule is Fc1ccc(-c2[nH]ncc2CNCC(C2CCOC2)N2CCCC2)cc1. The zero-order chi connectivity index (χ0) is 17.8. The van der Waals surface area contributed by atoms with Crippen molar-refractivity contribution >= 4 is 0 Å². The minimum absolute atomic E-state index is 0.222. The molecule has 2 aromatic rings. The van der Waals surface area contributed by atoms with Gasteiger partial charge in [0.05, 0.1) is 18.5 Å². The summed E-state index contributed by atoms with van der Waals surface area (Å²) in [5.41, 5.74) is 3.03. The van der Waals surface area contributed by atoms with Gasteiger partial charge in [0.25, 0.3) is 0 Å². The summed E-state index contributed by atoms with van der Waals surface area (Å²) in [6.45, 7) is 5.90. The highest BCUT2D eigenvalue weighted by Gasteiger charge is 2.31. The molecular weight excluding hydrogens is 331 g/mol. The minimum atomic E-state index is -0.222. The van der Waals surface area contributed by atoms with Crippen molar-refractivity contribution in [1.29, 1.82) is 0 Å². The highest BCUT2D eigenvalue weighted by molar-refractivity contribution is 5.62. The summed E-state index contributed by atoms with van der Waals surface area (Å²) in [7, 11) is 0. The van der Waals surface area contributed by atoms with Gasteiger partial charge in [-0.25, -0.2) is 4.39 Å². The number of hydrogen-bond donors (Lipinski definition) is 2. The van der Waals surface area contributed by atoms with Crippen LogP contribution in [0, 0.1) is 11.7 Å². The molecule has 2 unspecified atom stereocenters. The molecule has 2 aliphatic heterocycles. The van der Waals surface area contributed by atoms with Crippen LogP contribution < -0.4 is 5.32 Å². The highest BCUT2D eigenvalue weighted by atomic mass is 19.1. The Morgan fingerprint density at radius 3 is 2.81 bits per heavy atom. The summed E-state index contributed by atoms with van der Waals surface area (Å²) in [5, 5.41) is 10.9. The minimum Gasteiger partial charge on any atom is -0.381 e. The molecule has 0 amide bonds. The second-order valence-electron chi connectivity index (χ2n) is 7.34. The van der Waals surface area contributed by atoms with Gasteiger partial charge in [0.2, 0.25) is 0 Å². The first kappa shape index (κ1) is 17.6. The zero-order valence-electron chi connectivity index (χ0n) is 15.1. The fraction of sp³-hybridized carbons (Fsp3) is 0.550.